The van der Waals surface area contributed by atoms with E-state index in [4.69, 9.17) is 0 Å². The van der Waals surface area contributed by atoms with Crippen LogP contribution in [0.5, 0.6) is 0 Å². The highest BCUT2D eigenvalue weighted by molar-refractivity contribution is 6.03. The smallest absolute Gasteiger partial charge is 0.275 e. The number of carbonyl (C=O) groups excluding carboxylic acids is 1. The number of hydrogen-bond acceptors (Lipinski definition) is 4. The second-order valence-electron chi connectivity index (χ2n) is 5.47. The minimum absolute atomic E-state index is 0.0930. The van der Waals surface area contributed by atoms with Crippen molar-refractivity contribution in [3.05, 3.63) is 77.8 Å². The first-order valence-corrected chi connectivity index (χ1v) is 8.01. The van der Waals surface area contributed by atoms with Gasteiger partial charge in [-0.05, 0) is 30.2 Å². The Morgan fingerprint density at radius 1 is 1.00 bits per heavy atom. The average molecular weight is 354 g/mol. The summed E-state index contributed by atoms with van der Waals surface area (Å²) in [5.41, 5.74) is 1.48. The van der Waals surface area contributed by atoms with Crippen LogP contribution in [0.25, 0.3) is 0 Å². The van der Waals surface area contributed by atoms with Gasteiger partial charge in [-0.25, -0.2) is 18.7 Å². The number of amides is 1. The normalized spacial score (nSPS) is 10.4. The number of aryl methyl sites for hydroxylation is 1. The fourth-order valence-corrected chi connectivity index (χ4v) is 2.39. The molecule has 0 bridgehead atoms. The number of para-hydroxylation sites is 2. The summed E-state index contributed by atoms with van der Waals surface area (Å²) in [7, 11) is 0. The number of nitrogens with one attached hydrogen (secondary N) is 2. The van der Waals surface area contributed by atoms with Crippen LogP contribution in [0.1, 0.15) is 23.0 Å². The number of nitrogens with zero attached hydrogens (tertiary/aromatic N) is 2. The van der Waals surface area contributed by atoms with Crippen molar-refractivity contribution in [3.8, 4) is 0 Å². The first-order chi connectivity index (χ1) is 12.6. The molecule has 0 spiro atoms. The summed E-state index contributed by atoms with van der Waals surface area (Å²) in [6.07, 6.45) is 3.26. The van der Waals surface area contributed by atoms with E-state index in [1.165, 1.54) is 18.5 Å². The topological polar surface area (TPSA) is 66.9 Å². The summed E-state index contributed by atoms with van der Waals surface area (Å²) in [5, 5.41) is 5.30. The molecular weight excluding hydrogens is 338 g/mol. The quantitative estimate of drug-likeness (QED) is 0.716. The fraction of sp³-hybridized carbons (Fsp3) is 0.105. The van der Waals surface area contributed by atoms with Crippen molar-refractivity contribution >= 4 is 23.1 Å². The van der Waals surface area contributed by atoms with Gasteiger partial charge in [-0.2, -0.15) is 0 Å². The van der Waals surface area contributed by atoms with Crippen LogP contribution in [0.2, 0.25) is 0 Å². The third-order valence-corrected chi connectivity index (χ3v) is 3.75. The van der Waals surface area contributed by atoms with E-state index in [9.17, 15) is 13.6 Å². The van der Waals surface area contributed by atoms with Gasteiger partial charge >= 0.3 is 0 Å². The molecule has 132 valence electrons. The van der Waals surface area contributed by atoms with Crippen molar-refractivity contribution in [2.45, 2.75) is 13.3 Å². The zero-order valence-corrected chi connectivity index (χ0v) is 14.0. The molecule has 0 aliphatic heterocycles. The van der Waals surface area contributed by atoms with Gasteiger partial charge in [0.2, 0.25) is 0 Å². The molecule has 0 atom stereocenters. The van der Waals surface area contributed by atoms with Crippen LogP contribution in [0.15, 0.2) is 54.9 Å². The Morgan fingerprint density at radius 2 is 1.73 bits per heavy atom. The second kappa shape index (κ2) is 7.69. The van der Waals surface area contributed by atoms with Crippen molar-refractivity contribution in [3.63, 3.8) is 0 Å². The minimum atomic E-state index is -0.746. The molecule has 1 amide bonds. The fourth-order valence-electron chi connectivity index (χ4n) is 2.39. The van der Waals surface area contributed by atoms with Gasteiger partial charge in [-0.15, -0.1) is 0 Å². The lowest BCUT2D eigenvalue weighted by Gasteiger charge is -2.10. The molecule has 0 saturated carbocycles. The van der Waals surface area contributed by atoms with Gasteiger partial charge in [0.25, 0.3) is 5.91 Å². The van der Waals surface area contributed by atoms with Crippen molar-refractivity contribution in [2.24, 2.45) is 0 Å². The number of benzene rings is 2. The number of aromatic nitrogens is 2. The summed E-state index contributed by atoms with van der Waals surface area (Å²) >= 11 is 0. The van der Waals surface area contributed by atoms with E-state index >= 15 is 0 Å². The molecule has 2 N–H and O–H groups in total. The van der Waals surface area contributed by atoms with Gasteiger partial charge < -0.3 is 10.6 Å². The SMILES string of the molecule is CCc1ccccc1NC(=O)c1cnc(Nc2c(F)cccc2F)cn1. The van der Waals surface area contributed by atoms with Crippen LogP contribution in [0, 0.1) is 11.6 Å². The third kappa shape index (κ3) is 3.83. The van der Waals surface area contributed by atoms with Crippen molar-refractivity contribution in [1.82, 2.24) is 9.97 Å². The lowest BCUT2D eigenvalue weighted by molar-refractivity contribution is 0.102. The van der Waals surface area contributed by atoms with Gasteiger partial charge in [-0.1, -0.05) is 31.2 Å². The summed E-state index contributed by atoms with van der Waals surface area (Å²) in [6, 6.07) is 11.0. The van der Waals surface area contributed by atoms with Crippen molar-refractivity contribution < 1.29 is 13.6 Å². The van der Waals surface area contributed by atoms with Crippen molar-refractivity contribution in [1.29, 1.82) is 0 Å². The lowest BCUT2D eigenvalue weighted by atomic mass is 10.1. The van der Waals surface area contributed by atoms with Crippen molar-refractivity contribution in [2.75, 3.05) is 10.6 Å². The van der Waals surface area contributed by atoms with Gasteiger partial charge in [0.05, 0.1) is 12.4 Å². The molecule has 3 aromatic rings. The Labute approximate surface area is 149 Å². The first kappa shape index (κ1) is 17.5. The molecule has 2 aromatic carbocycles. The Kier molecular flexibility index (Phi) is 5.17. The van der Waals surface area contributed by atoms with E-state index in [0.717, 1.165) is 24.1 Å². The summed E-state index contributed by atoms with van der Waals surface area (Å²) in [4.78, 5) is 20.3. The molecule has 3 rings (SSSR count). The average Bonchev–Trinajstić information content (AvgIpc) is 2.66. The largest absolute Gasteiger partial charge is 0.334 e. The van der Waals surface area contributed by atoms with Gasteiger partial charge in [0, 0.05) is 5.69 Å². The van der Waals surface area contributed by atoms with Crippen LogP contribution in [0.4, 0.5) is 26.0 Å². The minimum Gasteiger partial charge on any atom is -0.334 e. The molecule has 0 aliphatic carbocycles. The Balaban J connectivity index is 1.74. The van der Waals surface area contributed by atoms with E-state index in [2.05, 4.69) is 20.6 Å². The van der Waals surface area contributed by atoms with E-state index in [1.54, 1.807) is 6.07 Å². The number of anilines is 3. The Morgan fingerprint density at radius 3 is 2.38 bits per heavy atom. The number of halogens is 2. The van der Waals surface area contributed by atoms with Gasteiger partial charge in [0.1, 0.15) is 28.8 Å². The molecule has 1 heterocycles. The zero-order chi connectivity index (χ0) is 18.5. The molecule has 0 unspecified atom stereocenters. The Bertz CT molecular complexity index is 909. The molecule has 0 aliphatic rings. The summed E-state index contributed by atoms with van der Waals surface area (Å²) in [6.45, 7) is 1.99. The summed E-state index contributed by atoms with van der Waals surface area (Å²) in [5.74, 6) is -1.78. The van der Waals surface area contributed by atoms with E-state index < -0.39 is 17.5 Å². The zero-order valence-electron chi connectivity index (χ0n) is 14.0. The highest BCUT2D eigenvalue weighted by atomic mass is 19.1. The molecule has 0 fully saturated rings. The maximum absolute atomic E-state index is 13.6. The van der Waals surface area contributed by atoms with Gasteiger partial charge in [-0.3, -0.25) is 4.79 Å². The maximum Gasteiger partial charge on any atom is 0.275 e. The number of hydrogen-bond donors (Lipinski definition) is 2. The standard InChI is InChI=1S/C19H16F2N4O/c1-2-12-6-3-4-9-15(12)24-19(26)16-10-23-17(11-22-16)25-18-13(20)7-5-8-14(18)21/h3-11H,2H2,1H3,(H,23,25)(H,24,26). The molecule has 1 aromatic heterocycles. The van der Waals surface area contributed by atoms with Crippen LogP contribution in [-0.4, -0.2) is 15.9 Å². The van der Waals surface area contributed by atoms with E-state index in [1.807, 2.05) is 25.1 Å². The first-order valence-electron chi connectivity index (χ1n) is 8.01. The molecule has 5 nitrogen and oxygen atoms in total. The molecule has 26 heavy (non-hydrogen) atoms. The Hall–Kier alpha value is -3.35. The maximum atomic E-state index is 13.6. The van der Waals surface area contributed by atoms with Crippen LogP contribution in [0.3, 0.4) is 0 Å². The second-order valence-corrected chi connectivity index (χ2v) is 5.47. The van der Waals surface area contributed by atoms with Gasteiger partial charge in [0.15, 0.2) is 0 Å². The highest BCUT2D eigenvalue weighted by Gasteiger charge is 2.12. The molecular formula is C19H16F2N4O. The number of rotatable bonds is 5. The van der Waals surface area contributed by atoms with E-state index in [-0.39, 0.29) is 17.2 Å². The summed E-state index contributed by atoms with van der Waals surface area (Å²) < 4.78 is 27.3. The molecule has 0 radical (unpaired) electrons. The highest BCUT2D eigenvalue weighted by Crippen LogP contribution is 2.22. The predicted molar refractivity (Wildman–Crippen MR) is 95.4 cm³/mol. The van der Waals surface area contributed by atoms with Crippen LogP contribution >= 0.6 is 0 Å². The van der Waals surface area contributed by atoms with Crippen LogP contribution < -0.4 is 10.6 Å². The predicted octanol–water partition coefficient (Wildman–Crippen LogP) is 4.31. The van der Waals surface area contributed by atoms with Crippen LogP contribution in [-0.2, 0) is 6.42 Å². The lowest BCUT2D eigenvalue weighted by Crippen LogP contribution is -2.15. The number of carbonyl (C=O) groups is 1. The molecule has 7 heteroatoms. The molecule has 0 saturated heterocycles. The monoisotopic (exact) mass is 354 g/mol. The van der Waals surface area contributed by atoms with E-state index in [0.29, 0.717) is 5.69 Å². The third-order valence-electron chi connectivity index (χ3n) is 3.75.